The topological polar surface area (TPSA) is 40.5 Å². The number of hydrogen-bond acceptors (Lipinski definition) is 2. The van der Waals surface area contributed by atoms with E-state index in [0.29, 0.717) is 0 Å². The fourth-order valence-electron chi connectivity index (χ4n) is 0.0357. The number of halogens is 2. The average molecular weight is 112 g/mol. The average Bonchev–Trinajstić information content (AvgIpc) is 1.68. The second kappa shape index (κ2) is 2.18. The van der Waals surface area contributed by atoms with Crippen LogP contribution in [0.25, 0.3) is 0 Å². The van der Waals surface area contributed by atoms with Gasteiger partial charge in [0.25, 0.3) is 0 Å². The molecule has 0 atom stereocenters. The minimum atomic E-state index is -2.75. The van der Waals surface area contributed by atoms with Crippen LogP contribution in [0.3, 0.4) is 0 Å². The lowest BCUT2D eigenvalue weighted by atomic mass is 10.4. The SMILES string of the molecule is OC(O)(CF)CF. The van der Waals surface area contributed by atoms with Crippen molar-refractivity contribution in [1.29, 1.82) is 0 Å². The van der Waals surface area contributed by atoms with Crippen LogP contribution < -0.4 is 0 Å². The van der Waals surface area contributed by atoms with Crippen LogP contribution >= 0.6 is 0 Å². The smallest absolute Gasteiger partial charge is 0.221 e. The van der Waals surface area contributed by atoms with Crippen LogP contribution in [0, 0.1) is 0 Å². The summed E-state index contributed by atoms with van der Waals surface area (Å²) in [5.41, 5.74) is 0. The van der Waals surface area contributed by atoms with Crippen molar-refractivity contribution in [3.8, 4) is 0 Å². The van der Waals surface area contributed by atoms with E-state index >= 15 is 0 Å². The standard InChI is InChI=1S/C3H6F2O2/c4-1-3(6,7)2-5/h6-7H,1-2H2. The third kappa shape index (κ3) is 2.47. The van der Waals surface area contributed by atoms with Gasteiger partial charge in [-0.1, -0.05) is 0 Å². The van der Waals surface area contributed by atoms with Crippen molar-refractivity contribution in [3.05, 3.63) is 0 Å². The first kappa shape index (κ1) is 6.78. The van der Waals surface area contributed by atoms with Gasteiger partial charge in [0, 0.05) is 0 Å². The lowest BCUT2D eigenvalue weighted by Crippen LogP contribution is -2.32. The van der Waals surface area contributed by atoms with Gasteiger partial charge in [0.05, 0.1) is 0 Å². The van der Waals surface area contributed by atoms with Crippen LogP contribution in [0.15, 0.2) is 0 Å². The molecule has 0 aliphatic heterocycles. The zero-order valence-electron chi connectivity index (χ0n) is 3.56. The summed E-state index contributed by atoms with van der Waals surface area (Å²) in [7, 11) is 0. The van der Waals surface area contributed by atoms with E-state index in [1.54, 1.807) is 0 Å². The Kier molecular flexibility index (Phi) is 2.11. The Morgan fingerprint density at radius 3 is 1.43 bits per heavy atom. The van der Waals surface area contributed by atoms with Gasteiger partial charge in [0.2, 0.25) is 5.79 Å². The van der Waals surface area contributed by atoms with Crippen molar-refractivity contribution >= 4 is 0 Å². The molecule has 0 aliphatic rings. The summed E-state index contributed by atoms with van der Waals surface area (Å²) in [5, 5.41) is 15.9. The molecule has 0 aromatic rings. The maximum atomic E-state index is 11.0. The van der Waals surface area contributed by atoms with Crippen LogP contribution in [-0.2, 0) is 0 Å². The predicted molar refractivity (Wildman–Crippen MR) is 19.1 cm³/mol. The predicted octanol–water partition coefficient (Wildman–Crippen LogP) is -0.394. The molecular formula is C3H6F2O2. The van der Waals surface area contributed by atoms with E-state index in [2.05, 4.69) is 0 Å². The van der Waals surface area contributed by atoms with Crippen LogP contribution in [0.4, 0.5) is 8.78 Å². The van der Waals surface area contributed by atoms with Crippen LogP contribution in [0.2, 0.25) is 0 Å². The number of rotatable bonds is 2. The van der Waals surface area contributed by atoms with Gasteiger partial charge in [-0.2, -0.15) is 0 Å². The van der Waals surface area contributed by atoms with Crippen molar-refractivity contribution < 1.29 is 19.0 Å². The molecule has 7 heavy (non-hydrogen) atoms. The van der Waals surface area contributed by atoms with Gasteiger partial charge in [-0.3, -0.25) is 0 Å². The monoisotopic (exact) mass is 112 g/mol. The van der Waals surface area contributed by atoms with E-state index in [1.807, 2.05) is 0 Å². The maximum Gasteiger partial charge on any atom is 0.221 e. The molecule has 0 unspecified atom stereocenters. The molecule has 44 valence electrons. The van der Waals surface area contributed by atoms with Crippen molar-refractivity contribution in [2.75, 3.05) is 13.3 Å². The van der Waals surface area contributed by atoms with Crippen LogP contribution in [-0.4, -0.2) is 29.3 Å². The largest absolute Gasteiger partial charge is 0.362 e. The lowest BCUT2D eigenvalue weighted by molar-refractivity contribution is -0.181. The highest BCUT2D eigenvalue weighted by Gasteiger charge is 2.21. The van der Waals surface area contributed by atoms with E-state index in [9.17, 15) is 8.78 Å². The third-order valence-corrected chi connectivity index (χ3v) is 0.428. The molecule has 0 amide bonds. The summed E-state index contributed by atoms with van der Waals surface area (Å²) in [6.45, 7) is -2.94. The molecule has 0 spiro atoms. The molecule has 0 aliphatic carbocycles. The zero-order valence-corrected chi connectivity index (χ0v) is 3.56. The first-order chi connectivity index (χ1) is 3.12. The molecule has 0 saturated carbocycles. The number of hydrogen-bond donors (Lipinski definition) is 2. The molecule has 0 radical (unpaired) electrons. The highest BCUT2D eigenvalue weighted by molar-refractivity contribution is 4.57. The molecule has 0 bridgehead atoms. The number of aliphatic hydroxyl groups is 2. The summed E-state index contributed by atoms with van der Waals surface area (Å²) < 4.78 is 22.1. The van der Waals surface area contributed by atoms with Gasteiger partial charge in [-0.05, 0) is 0 Å². The first-order valence-corrected chi connectivity index (χ1v) is 1.69. The maximum absolute atomic E-state index is 11.0. The van der Waals surface area contributed by atoms with Gasteiger partial charge in [-0.25, -0.2) is 8.78 Å². The Bertz CT molecular complexity index is 48.9. The van der Waals surface area contributed by atoms with E-state index in [4.69, 9.17) is 10.2 Å². The molecule has 0 fully saturated rings. The second-order valence-electron chi connectivity index (χ2n) is 1.25. The van der Waals surface area contributed by atoms with E-state index in [-0.39, 0.29) is 0 Å². The van der Waals surface area contributed by atoms with Crippen molar-refractivity contribution in [2.45, 2.75) is 5.79 Å². The molecule has 0 saturated heterocycles. The first-order valence-electron chi connectivity index (χ1n) is 1.69. The van der Waals surface area contributed by atoms with E-state index in [1.165, 1.54) is 0 Å². The number of alkyl halides is 2. The van der Waals surface area contributed by atoms with Gasteiger partial charge in [0.15, 0.2) is 0 Å². The zero-order chi connectivity index (χ0) is 5.91. The second-order valence-corrected chi connectivity index (χ2v) is 1.25. The minimum absolute atomic E-state index is 1.47. The molecule has 0 heterocycles. The fraction of sp³-hybridized carbons (Fsp3) is 1.00. The van der Waals surface area contributed by atoms with Gasteiger partial charge in [-0.15, -0.1) is 0 Å². The van der Waals surface area contributed by atoms with Crippen LogP contribution in [0.1, 0.15) is 0 Å². The molecule has 0 aromatic carbocycles. The summed E-state index contributed by atoms with van der Waals surface area (Å²) in [5.74, 6) is -2.75. The van der Waals surface area contributed by atoms with Crippen molar-refractivity contribution in [3.63, 3.8) is 0 Å². The Morgan fingerprint density at radius 2 is 1.43 bits per heavy atom. The van der Waals surface area contributed by atoms with Gasteiger partial charge < -0.3 is 10.2 Å². The Hall–Kier alpha value is -0.220. The molecule has 0 rings (SSSR count). The van der Waals surface area contributed by atoms with Gasteiger partial charge in [0.1, 0.15) is 13.3 Å². The Balaban J connectivity index is 3.36. The van der Waals surface area contributed by atoms with E-state index in [0.717, 1.165) is 0 Å². The normalized spacial score (nSPS) is 12.0. The van der Waals surface area contributed by atoms with E-state index < -0.39 is 19.1 Å². The van der Waals surface area contributed by atoms with Crippen LogP contribution in [0.5, 0.6) is 0 Å². The van der Waals surface area contributed by atoms with Gasteiger partial charge >= 0.3 is 0 Å². The fourth-order valence-corrected chi connectivity index (χ4v) is 0.0357. The summed E-state index contributed by atoms with van der Waals surface area (Å²) in [6, 6.07) is 0. The molecule has 2 nitrogen and oxygen atoms in total. The Morgan fingerprint density at radius 1 is 1.14 bits per heavy atom. The molecule has 0 aromatic heterocycles. The summed E-state index contributed by atoms with van der Waals surface area (Å²) >= 11 is 0. The highest BCUT2D eigenvalue weighted by atomic mass is 19.1. The Labute approximate surface area is 39.4 Å². The van der Waals surface area contributed by atoms with Crippen molar-refractivity contribution in [2.24, 2.45) is 0 Å². The summed E-state index contributed by atoms with van der Waals surface area (Å²) in [6.07, 6.45) is 0. The molecule has 2 N–H and O–H groups in total. The minimum Gasteiger partial charge on any atom is -0.362 e. The van der Waals surface area contributed by atoms with Crippen molar-refractivity contribution in [1.82, 2.24) is 0 Å². The molecule has 4 heteroatoms. The quantitative estimate of drug-likeness (QED) is 0.477. The third-order valence-electron chi connectivity index (χ3n) is 0.428. The lowest BCUT2D eigenvalue weighted by Gasteiger charge is -2.10. The molecular weight excluding hydrogens is 106 g/mol. The summed E-state index contributed by atoms with van der Waals surface area (Å²) in [4.78, 5) is 0. The highest BCUT2D eigenvalue weighted by Crippen LogP contribution is 1.98.